The van der Waals surface area contributed by atoms with Crippen molar-refractivity contribution in [2.24, 2.45) is 0 Å². The molecule has 1 rings (SSSR count). The Balaban J connectivity index is 0.000000810. The molecule has 0 heterocycles. The Morgan fingerprint density at radius 2 is 1.70 bits per heavy atom. The van der Waals surface area contributed by atoms with Gasteiger partial charge in [0.25, 0.3) is 0 Å². The number of benzene rings is 1. The van der Waals surface area contributed by atoms with Gasteiger partial charge in [0.2, 0.25) is 0 Å². The predicted molar refractivity (Wildman–Crippen MR) is 30.8 cm³/mol. The smallest absolute Gasteiger partial charge is 0.0715 e. The largest absolute Gasteiger partial charge is 0.545 e. The van der Waals surface area contributed by atoms with Crippen molar-refractivity contribution >= 4 is 5.97 Å². The van der Waals surface area contributed by atoms with E-state index >= 15 is 0 Å². The van der Waals surface area contributed by atoms with Crippen LogP contribution in [0.1, 0.15) is 10.4 Å². The van der Waals surface area contributed by atoms with Crippen LogP contribution in [-0.2, 0) is 18.6 Å². The topological polar surface area (TPSA) is 40.1 Å². The Hall–Kier alpha value is -0.726. The van der Waals surface area contributed by atoms with Crippen LogP contribution in [0, 0.1) is 0 Å². The molecule has 2 nitrogen and oxygen atoms in total. The molecule has 0 unspecified atom stereocenters. The molecule has 0 bridgehead atoms. The molecule has 1 aromatic carbocycles. The van der Waals surface area contributed by atoms with Gasteiger partial charge in [0.05, 0.1) is 5.97 Å². The van der Waals surface area contributed by atoms with Crippen molar-refractivity contribution in [3.8, 4) is 0 Å². The summed E-state index contributed by atoms with van der Waals surface area (Å²) in [5.41, 5.74) is 0.220. The summed E-state index contributed by atoms with van der Waals surface area (Å²) in [6.45, 7) is 0. The molecule has 10 heavy (non-hydrogen) atoms. The maximum atomic E-state index is 10.1. The van der Waals surface area contributed by atoms with Crippen molar-refractivity contribution in [1.82, 2.24) is 0 Å². The fourth-order valence-corrected chi connectivity index (χ4v) is 0.574. The van der Waals surface area contributed by atoms with Gasteiger partial charge in [-0.2, -0.15) is 0 Å². The minimum absolute atomic E-state index is 0. The van der Waals surface area contributed by atoms with E-state index in [-0.39, 0.29) is 24.1 Å². The van der Waals surface area contributed by atoms with Crippen LogP contribution >= 0.6 is 0 Å². The summed E-state index contributed by atoms with van der Waals surface area (Å²) in [6.07, 6.45) is 0. The van der Waals surface area contributed by atoms with Gasteiger partial charge in [-0.15, -0.1) is 0 Å². The van der Waals surface area contributed by atoms with Crippen LogP contribution in [0.25, 0.3) is 0 Å². The summed E-state index contributed by atoms with van der Waals surface area (Å²) < 4.78 is 0. The third-order valence-corrected chi connectivity index (χ3v) is 1.01. The van der Waals surface area contributed by atoms with Crippen molar-refractivity contribution < 1.29 is 28.5 Å². The number of hydrogen-bond acceptors (Lipinski definition) is 2. The first kappa shape index (κ1) is 9.27. The number of hydrogen-bond donors (Lipinski definition) is 0. The van der Waals surface area contributed by atoms with Gasteiger partial charge < -0.3 is 9.90 Å². The summed E-state index contributed by atoms with van der Waals surface area (Å²) in [5, 5.41) is 10.1. The van der Waals surface area contributed by atoms with E-state index in [1.165, 1.54) is 12.1 Å². The minimum atomic E-state index is -1.13. The third-order valence-electron chi connectivity index (χ3n) is 1.01. The first-order chi connectivity index (χ1) is 4.30. The van der Waals surface area contributed by atoms with Gasteiger partial charge in [0.1, 0.15) is 0 Å². The molecule has 0 aliphatic heterocycles. The number of carbonyl (C=O) groups excluding carboxylic acids is 1. The van der Waals surface area contributed by atoms with Crippen molar-refractivity contribution in [3.63, 3.8) is 0 Å². The molecule has 0 aliphatic rings. The number of aromatic carboxylic acids is 1. The van der Waals surface area contributed by atoms with Gasteiger partial charge in [-0.1, -0.05) is 30.3 Å². The van der Waals surface area contributed by atoms with Gasteiger partial charge in [0, 0.05) is 18.6 Å². The quantitative estimate of drug-likeness (QED) is 0.600. The van der Waals surface area contributed by atoms with Gasteiger partial charge in [0.15, 0.2) is 0 Å². The molecular weight excluding hydrogens is 167 g/mol. The number of rotatable bonds is 1. The van der Waals surface area contributed by atoms with Gasteiger partial charge in [-0.3, -0.25) is 0 Å². The number of carboxylic acid groups (broad SMARTS) is 1. The molecule has 51 valence electrons. The molecule has 0 aliphatic carbocycles. The molecule has 0 atom stereocenters. The van der Waals surface area contributed by atoms with Gasteiger partial charge in [-0.25, -0.2) is 0 Å². The molecular formula is C7H5O2V-. The van der Waals surface area contributed by atoms with Crippen LogP contribution in [-0.4, -0.2) is 5.97 Å². The van der Waals surface area contributed by atoms with Crippen LogP contribution in [0.4, 0.5) is 0 Å². The standard InChI is InChI=1S/C7H6O2.V/c8-7(9)6-4-2-1-3-5-6;/h1-5H,(H,8,9);/p-1. The molecule has 0 aromatic heterocycles. The van der Waals surface area contributed by atoms with Crippen LogP contribution in [0.15, 0.2) is 30.3 Å². The second kappa shape index (κ2) is 4.15. The van der Waals surface area contributed by atoms with Crippen molar-refractivity contribution in [3.05, 3.63) is 35.9 Å². The Kier molecular flexibility index (Phi) is 3.85. The fourth-order valence-electron chi connectivity index (χ4n) is 0.574. The molecule has 0 N–H and O–H groups in total. The normalized spacial score (nSPS) is 8.00. The summed E-state index contributed by atoms with van der Waals surface area (Å²) >= 11 is 0. The molecule has 3 heteroatoms. The zero-order valence-corrected chi connectivity index (χ0v) is 6.55. The second-order valence-corrected chi connectivity index (χ2v) is 1.65. The van der Waals surface area contributed by atoms with E-state index < -0.39 is 5.97 Å². The Morgan fingerprint density at radius 1 is 1.20 bits per heavy atom. The van der Waals surface area contributed by atoms with E-state index in [1.807, 2.05) is 0 Å². The monoisotopic (exact) mass is 172 g/mol. The molecule has 0 saturated carbocycles. The SMILES string of the molecule is O=C([O-])c1ccccc1.[V]. The van der Waals surface area contributed by atoms with Crippen LogP contribution in [0.3, 0.4) is 0 Å². The number of carboxylic acids is 1. The van der Waals surface area contributed by atoms with E-state index in [1.54, 1.807) is 18.2 Å². The van der Waals surface area contributed by atoms with E-state index in [0.717, 1.165) is 0 Å². The predicted octanol–water partition coefficient (Wildman–Crippen LogP) is 0.0476. The molecule has 0 spiro atoms. The van der Waals surface area contributed by atoms with Crippen molar-refractivity contribution in [1.29, 1.82) is 0 Å². The zero-order chi connectivity index (χ0) is 6.69. The van der Waals surface area contributed by atoms with Crippen molar-refractivity contribution in [2.75, 3.05) is 0 Å². The fraction of sp³-hybridized carbons (Fsp3) is 0. The summed E-state index contributed by atoms with van der Waals surface area (Å²) in [6, 6.07) is 8.06. The van der Waals surface area contributed by atoms with E-state index in [9.17, 15) is 9.90 Å². The Bertz CT molecular complexity index is 208. The Morgan fingerprint density at radius 3 is 2.00 bits per heavy atom. The Labute approximate surface area is 70.8 Å². The van der Waals surface area contributed by atoms with Crippen LogP contribution < -0.4 is 5.11 Å². The maximum Gasteiger partial charge on any atom is 0.0715 e. The van der Waals surface area contributed by atoms with Gasteiger partial charge in [-0.05, 0) is 5.56 Å². The van der Waals surface area contributed by atoms with Crippen LogP contribution in [0.2, 0.25) is 0 Å². The first-order valence-corrected chi connectivity index (χ1v) is 2.57. The van der Waals surface area contributed by atoms with Gasteiger partial charge >= 0.3 is 0 Å². The molecule has 1 radical (unpaired) electrons. The average Bonchev–Trinajstić information content (AvgIpc) is 1.90. The average molecular weight is 172 g/mol. The van der Waals surface area contributed by atoms with Crippen LogP contribution in [0.5, 0.6) is 0 Å². The summed E-state index contributed by atoms with van der Waals surface area (Å²) in [7, 11) is 0. The first-order valence-electron chi connectivity index (χ1n) is 2.57. The molecule has 0 amide bonds. The van der Waals surface area contributed by atoms with Crippen molar-refractivity contribution in [2.45, 2.75) is 0 Å². The van der Waals surface area contributed by atoms with E-state index in [0.29, 0.717) is 0 Å². The van der Waals surface area contributed by atoms with E-state index in [4.69, 9.17) is 0 Å². The third kappa shape index (κ3) is 2.25. The zero-order valence-electron chi connectivity index (χ0n) is 5.15. The molecule has 1 aromatic rings. The van der Waals surface area contributed by atoms with E-state index in [2.05, 4.69) is 0 Å². The minimum Gasteiger partial charge on any atom is -0.545 e. The summed E-state index contributed by atoms with van der Waals surface area (Å²) in [4.78, 5) is 10.1. The molecule has 0 saturated heterocycles. The second-order valence-electron chi connectivity index (χ2n) is 1.65. The molecule has 0 fully saturated rings. The maximum absolute atomic E-state index is 10.1. The number of carbonyl (C=O) groups is 1. The summed E-state index contributed by atoms with van der Waals surface area (Å²) in [5.74, 6) is -1.13.